The largest absolute Gasteiger partial charge is 0.481 e. The van der Waals surface area contributed by atoms with E-state index in [0.717, 1.165) is 32.2 Å². The van der Waals surface area contributed by atoms with Crippen molar-refractivity contribution < 1.29 is 27.5 Å². The van der Waals surface area contributed by atoms with Gasteiger partial charge in [-0.05, 0) is 38.3 Å². The fourth-order valence-electron chi connectivity index (χ4n) is 4.49. The number of aliphatic carboxylic acids is 1. The number of rotatable bonds is 8. The number of carbonyl (C=O) groups excluding carboxylic acids is 1. The summed E-state index contributed by atoms with van der Waals surface area (Å²) in [4.78, 5) is 33.1. The van der Waals surface area contributed by atoms with Crippen LogP contribution in [0, 0.1) is 11.8 Å². The molecule has 0 unspecified atom stereocenters. The first-order valence-electron chi connectivity index (χ1n) is 10.2. The number of nitrogens with zero attached hydrogens (tertiary/aromatic N) is 3. The Hall–Kier alpha value is -1.98. The van der Waals surface area contributed by atoms with Crippen LogP contribution in [0.15, 0.2) is 10.7 Å². The Kier molecular flexibility index (Phi) is 6.83. The number of carboxylic acid groups (broad SMARTS) is 1. The third-order valence-corrected chi connectivity index (χ3v) is 6.51. The zero-order valence-electron chi connectivity index (χ0n) is 17.6. The predicted octanol–water partition coefficient (Wildman–Crippen LogP) is 0.760. The molecule has 1 aromatic rings. The van der Waals surface area contributed by atoms with E-state index in [4.69, 9.17) is 4.42 Å². The van der Waals surface area contributed by atoms with Crippen LogP contribution in [0.3, 0.4) is 0 Å². The van der Waals surface area contributed by atoms with Gasteiger partial charge < -0.3 is 14.4 Å². The molecule has 2 aliphatic heterocycles. The van der Waals surface area contributed by atoms with Crippen LogP contribution in [0.4, 0.5) is 0 Å². The van der Waals surface area contributed by atoms with Gasteiger partial charge in [0.1, 0.15) is 6.26 Å². The highest BCUT2D eigenvalue weighted by Crippen LogP contribution is 2.31. The molecule has 30 heavy (non-hydrogen) atoms. The van der Waals surface area contributed by atoms with Crippen LogP contribution in [0.25, 0.3) is 0 Å². The Morgan fingerprint density at radius 2 is 1.97 bits per heavy atom. The van der Waals surface area contributed by atoms with Gasteiger partial charge in [-0.15, -0.1) is 0 Å². The third-order valence-electron chi connectivity index (χ3n) is 5.78. The molecular formula is C19H30N4O6S. The SMILES string of the molecule is CC(C)[C@H](C(=O)O)[C@@H]1[C@@H](NS(C)(=O)=O)CCN1C(=O)c1coc(CN2CCCC2)n1. The van der Waals surface area contributed by atoms with Gasteiger partial charge in [-0.2, -0.15) is 0 Å². The molecule has 3 atom stereocenters. The minimum Gasteiger partial charge on any atom is -0.481 e. The molecule has 11 heteroatoms. The minimum atomic E-state index is -3.57. The summed E-state index contributed by atoms with van der Waals surface area (Å²) in [6, 6.07) is -1.49. The van der Waals surface area contributed by atoms with E-state index < -0.39 is 39.9 Å². The predicted molar refractivity (Wildman–Crippen MR) is 108 cm³/mol. The summed E-state index contributed by atoms with van der Waals surface area (Å²) in [6.07, 6.45) is 4.92. The Balaban J connectivity index is 1.83. The zero-order valence-corrected chi connectivity index (χ0v) is 18.4. The van der Waals surface area contributed by atoms with Gasteiger partial charge in [0.05, 0.1) is 24.8 Å². The fourth-order valence-corrected chi connectivity index (χ4v) is 5.29. The molecule has 0 aromatic carbocycles. The number of carboxylic acids is 1. The van der Waals surface area contributed by atoms with Crippen LogP contribution in [0.5, 0.6) is 0 Å². The van der Waals surface area contributed by atoms with Crippen molar-refractivity contribution >= 4 is 21.9 Å². The Morgan fingerprint density at radius 1 is 1.30 bits per heavy atom. The van der Waals surface area contributed by atoms with Gasteiger partial charge in [0, 0.05) is 12.6 Å². The van der Waals surface area contributed by atoms with Gasteiger partial charge in [0.2, 0.25) is 15.9 Å². The molecule has 0 saturated carbocycles. The number of hydrogen-bond acceptors (Lipinski definition) is 7. The number of aromatic nitrogens is 1. The molecule has 3 rings (SSSR count). The van der Waals surface area contributed by atoms with Gasteiger partial charge in [-0.1, -0.05) is 13.8 Å². The lowest BCUT2D eigenvalue weighted by Gasteiger charge is -2.34. The maximum Gasteiger partial charge on any atom is 0.308 e. The van der Waals surface area contributed by atoms with Crippen molar-refractivity contribution in [1.29, 1.82) is 0 Å². The summed E-state index contributed by atoms with van der Waals surface area (Å²) < 4.78 is 31.6. The van der Waals surface area contributed by atoms with Crippen molar-refractivity contribution in [3.8, 4) is 0 Å². The second-order valence-electron chi connectivity index (χ2n) is 8.49. The Bertz CT molecular complexity index is 877. The van der Waals surface area contributed by atoms with Gasteiger partial charge in [-0.3, -0.25) is 14.5 Å². The highest BCUT2D eigenvalue weighted by molar-refractivity contribution is 7.88. The second kappa shape index (κ2) is 9.03. The number of hydrogen-bond donors (Lipinski definition) is 2. The number of oxazole rings is 1. The average Bonchev–Trinajstić information content (AvgIpc) is 3.36. The monoisotopic (exact) mass is 442 g/mol. The number of amides is 1. The molecule has 3 heterocycles. The normalized spacial score (nSPS) is 23.9. The molecule has 2 N–H and O–H groups in total. The van der Waals surface area contributed by atoms with Crippen LogP contribution < -0.4 is 4.72 Å². The van der Waals surface area contributed by atoms with Crippen molar-refractivity contribution in [2.45, 2.75) is 51.7 Å². The standard InChI is InChI=1S/C19H30N4O6S/c1-12(2)16(19(25)26)17-13(21-30(3,27)28)6-9-23(17)18(24)14-11-29-15(20-14)10-22-7-4-5-8-22/h11-13,16-17,21H,4-10H2,1-3H3,(H,25,26)/t13-,16-,17-/m0/s1. The minimum absolute atomic E-state index is 0.113. The average molecular weight is 443 g/mol. The molecule has 0 spiro atoms. The van der Waals surface area contributed by atoms with E-state index in [1.54, 1.807) is 13.8 Å². The zero-order chi connectivity index (χ0) is 22.1. The van der Waals surface area contributed by atoms with E-state index in [0.29, 0.717) is 18.9 Å². The van der Waals surface area contributed by atoms with Gasteiger partial charge in [0.15, 0.2) is 5.69 Å². The molecule has 10 nitrogen and oxygen atoms in total. The lowest BCUT2D eigenvalue weighted by Crippen LogP contribution is -2.53. The Morgan fingerprint density at radius 3 is 2.53 bits per heavy atom. The van der Waals surface area contributed by atoms with E-state index in [1.165, 1.54) is 11.2 Å². The third kappa shape index (κ3) is 5.19. The van der Waals surface area contributed by atoms with Crippen LogP contribution in [0.1, 0.15) is 49.5 Å². The van der Waals surface area contributed by atoms with Gasteiger partial charge in [-0.25, -0.2) is 18.1 Å². The van der Waals surface area contributed by atoms with Crippen LogP contribution in [-0.2, 0) is 21.4 Å². The summed E-state index contributed by atoms with van der Waals surface area (Å²) in [7, 11) is -3.57. The van der Waals surface area contributed by atoms with Crippen LogP contribution in [-0.4, -0.2) is 78.2 Å². The van der Waals surface area contributed by atoms with Crippen molar-refractivity contribution in [1.82, 2.24) is 19.5 Å². The van der Waals surface area contributed by atoms with Crippen LogP contribution in [0.2, 0.25) is 0 Å². The van der Waals surface area contributed by atoms with E-state index in [-0.39, 0.29) is 18.2 Å². The number of nitrogens with one attached hydrogen (secondary N) is 1. The fraction of sp³-hybridized carbons (Fsp3) is 0.737. The summed E-state index contributed by atoms with van der Waals surface area (Å²) in [5.74, 6) is -2.29. The number of likely N-dealkylation sites (tertiary alicyclic amines) is 2. The van der Waals surface area contributed by atoms with Crippen molar-refractivity contribution in [2.75, 3.05) is 25.9 Å². The lowest BCUT2D eigenvalue weighted by atomic mass is 9.85. The first-order valence-corrected chi connectivity index (χ1v) is 12.1. The molecular weight excluding hydrogens is 412 g/mol. The van der Waals surface area contributed by atoms with Crippen molar-refractivity contribution in [3.63, 3.8) is 0 Å². The maximum atomic E-state index is 13.2. The molecule has 0 bridgehead atoms. The van der Waals surface area contributed by atoms with Gasteiger partial charge >= 0.3 is 5.97 Å². The topological polar surface area (TPSA) is 133 Å². The van der Waals surface area contributed by atoms with Crippen molar-refractivity contribution in [2.24, 2.45) is 11.8 Å². The second-order valence-corrected chi connectivity index (χ2v) is 10.3. The maximum absolute atomic E-state index is 13.2. The summed E-state index contributed by atoms with van der Waals surface area (Å²) in [6.45, 7) is 6.20. The molecule has 0 aliphatic carbocycles. The molecule has 1 amide bonds. The molecule has 168 valence electrons. The van der Waals surface area contributed by atoms with E-state index in [9.17, 15) is 23.1 Å². The summed E-state index contributed by atoms with van der Waals surface area (Å²) in [5.41, 5.74) is 0.113. The molecule has 1 aromatic heterocycles. The Labute approximate surface area is 176 Å². The van der Waals surface area contributed by atoms with Gasteiger partial charge in [0.25, 0.3) is 5.91 Å². The van der Waals surface area contributed by atoms with E-state index >= 15 is 0 Å². The van der Waals surface area contributed by atoms with Crippen LogP contribution >= 0.6 is 0 Å². The molecule has 2 fully saturated rings. The molecule has 0 radical (unpaired) electrons. The molecule has 2 saturated heterocycles. The first kappa shape index (κ1) is 22.7. The summed E-state index contributed by atoms with van der Waals surface area (Å²) in [5, 5.41) is 9.80. The summed E-state index contributed by atoms with van der Waals surface area (Å²) >= 11 is 0. The lowest BCUT2D eigenvalue weighted by molar-refractivity contribution is -0.145. The highest BCUT2D eigenvalue weighted by Gasteiger charge is 2.47. The van der Waals surface area contributed by atoms with E-state index in [1.807, 2.05) is 0 Å². The highest BCUT2D eigenvalue weighted by atomic mass is 32.2. The first-order chi connectivity index (χ1) is 14.1. The quantitative estimate of drug-likeness (QED) is 0.603. The molecule has 2 aliphatic rings. The smallest absolute Gasteiger partial charge is 0.308 e. The number of sulfonamides is 1. The number of carbonyl (C=O) groups is 2. The van der Waals surface area contributed by atoms with E-state index in [2.05, 4.69) is 14.6 Å². The van der Waals surface area contributed by atoms with Crippen molar-refractivity contribution in [3.05, 3.63) is 17.8 Å².